The highest BCUT2D eigenvalue weighted by Gasteiger charge is 2.46. The molecule has 58 heavy (non-hydrogen) atoms. The van der Waals surface area contributed by atoms with Crippen molar-refractivity contribution < 1.29 is 87.7 Å². The molecule has 0 aromatic heterocycles. The van der Waals surface area contributed by atoms with Crippen molar-refractivity contribution in [3.63, 3.8) is 0 Å². The Labute approximate surface area is 335 Å². The second-order valence-electron chi connectivity index (χ2n) is 14.4. The number of carbonyl (C=O) groups is 4. The number of carbonyl (C=O) groups excluding carboxylic acids is 4. The lowest BCUT2D eigenvalue weighted by atomic mass is 10.0. The summed E-state index contributed by atoms with van der Waals surface area (Å²) in [7, 11) is 1.55. The Morgan fingerprint density at radius 1 is 0.672 bits per heavy atom. The van der Waals surface area contributed by atoms with E-state index in [0.29, 0.717) is 32.2 Å². The zero-order chi connectivity index (χ0) is 42.8. The fourth-order valence-corrected chi connectivity index (χ4v) is 6.35. The number of aliphatic hydroxyl groups is 7. The van der Waals surface area contributed by atoms with Crippen molar-refractivity contribution in [3.8, 4) is 0 Å². The fraction of sp³-hybridized carbons (Fsp3) is 0.886. The number of hydrogen-bond acceptors (Lipinski definition) is 18. The van der Waals surface area contributed by atoms with Gasteiger partial charge in [-0.15, -0.1) is 0 Å². The van der Waals surface area contributed by atoms with Crippen molar-refractivity contribution in [2.24, 2.45) is 0 Å². The van der Waals surface area contributed by atoms with Gasteiger partial charge in [0.1, 0.15) is 24.4 Å². The molecule has 0 aromatic rings. The molecule has 3 fully saturated rings. The predicted octanol–water partition coefficient (Wildman–Crippen LogP) is -5.54. The van der Waals surface area contributed by atoms with Crippen LogP contribution in [-0.4, -0.2) is 217 Å². The predicted molar refractivity (Wildman–Crippen MR) is 195 cm³/mol. The second kappa shape index (κ2) is 25.8. The quantitative estimate of drug-likeness (QED) is 0.0404. The van der Waals surface area contributed by atoms with Gasteiger partial charge in [-0.2, -0.15) is 0 Å². The van der Waals surface area contributed by atoms with Gasteiger partial charge in [-0.25, -0.2) is 4.39 Å². The van der Waals surface area contributed by atoms with E-state index in [1.807, 2.05) is 0 Å². The number of hydrogen-bond donors (Lipinski definition) is 11. The summed E-state index contributed by atoms with van der Waals surface area (Å²) < 4.78 is 48.3. The lowest BCUT2D eigenvalue weighted by Crippen LogP contribution is -2.57. The minimum Gasteiger partial charge on any atom is -0.394 e. The Kier molecular flexibility index (Phi) is 22.0. The lowest BCUT2D eigenvalue weighted by molar-refractivity contribution is -0.321. The van der Waals surface area contributed by atoms with E-state index in [1.165, 1.54) is 11.8 Å². The fourth-order valence-electron chi connectivity index (χ4n) is 6.35. The Morgan fingerprint density at radius 2 is 1.22 bits per heavy atom. The number of ether oxygens (including phenoxy) is 6. The molecule has 336 valence electrons. The first-order valence-corrected chi connectivity index (χ1v) is 19.5. The molecule has 11 N–H and O–H groups in total. The van der Waals surface area contributed by atoms with Crippen molar-refractivity contribution in [2.45, 2.75) is 125 Å². The van der Waals surface area contributed by atoms with E-state index in [1.54, 1.807) is 7.05 Å². The minimum absolute atomic E-state index is 0.0554. The number of halogens is 1. The van der Waals surface area contributed by atoms with Crippen LogP contribution in [0.5, 0.6) is 0 Å². The van der Waals surface area contributed by atoms with Crippen LogP contribution in [0.15, 0.2) is 0 Å². The van der Waals surface area contributed by atoms with E-state index in [-0.39, 0.29) is 51.6 Å². The first-order valence-electron chi connectivity index (χ1n) is 19.5. The largest absolute Gasteiger partial charge is 0.394 e. The van der Waals surface area contributed by atoms with Gasteiger partial charge in [0.25, 0.3) is 0 Å². The van der Waals surface area contributed by atoms with E-state index >= 15 is 4.39 Å². The number of rotatable bonds is 24. The summed E-state index contributed by atoms with van der Waals surface area (Å²) >= 11 is 0. The Hall–Kier alpha value is -2.75. The van der Waals surface area contributed by atoms with E-state index in [9.17, 15) is 54.9 Å². The van der Waals surface area contributed by atoms with Gasteiger partial charge in [0, 0.05) is 45.9 Å². The smallest absolute Gasteiger partial charge is 0.234 e. The molecule has 4 amide bonds. The van der Waals surface area contributed by atoms with Gasteiger partial charge in [0.2, 0.25) is 23.6 Å². The first-order chi connectivity index (χ1) is 27.7. The Bertz CT molecular complexity index is 1260. The molecule has 3 saturated heterocycles. The van der Waals surface area contributed by atoms with Crippen LogP contribution in [0.3, 0.4) is 0 Å². The van der Waals surface area contributed by atoms with Crippen LogP contribution >= 0.6 is 0 Å². The summed E-state index contributed by atoms with van der Waals surface area (Å²) in [6, 6.07) is 0. The number of nitrogens with one attached hydrogen (secondary N) is 4. The maximum Gasteiger partial charge on any atom is 0.234 e. The molecule has 0 bridgehead atoms. The molecule has 0 saturated carbocycles. The summed E-state index contributed by atoms with van der Waals surface area (Å²) in [6.45, 7) is -0.997. The monoisotopic (exact) mass is 843 g/mol. The number of aliphatic hydroxyl groups excluding tert-OH is 7. The van der Waals surface area contributed by atoms with Crippen LogP contribution in [-0.2, 0) is 47.6 Å². The summed E-state index contributed by atoms with van der Waals surface area (Å²) in [6.07, 6.45) is -15.2. The van der Waals surface area contributed by atoms with Crippen LogP contribution in [0, 0.1) is 0 Å². The van der Waals surface area contributed by atoms with Gasteiger partial charge in [0.05, 0.1) is 76.6 Å². The third-order valence-corrected chi connectivity index (χ3v) is 9.66. The highest BCUT2D eigenvalue weighted by atomic mass is 19.1. The molecule has 22 nitrogen and oxygen atoms in total. The van der Waals surface area contributed by atoms with Crippen molar-refractivity contribution in [1.29, 1.82) is 0 Å². The van der Waals surface area contributed by atoms with E-state index in [2.05, 4.69) is 21.3 Å². The molecular formula is C35H62FN5O17. The van der Waals surface area contributed by atoms with E-state index in [0.717, 1.165) is 0 Å². The molecule has 0 radical (unpaired) electrons. The molecule has 0 aromatic carbocycles. The van der Waals surface area contributed by atoms with Gasteiger partial charge in [-0.3, -0.25) is 24.1 Å². The summed E-state index contributed by atoms with van der Waals surface area (Å²) in [5, 5.41) is 79.9. The normalized spacial score (nSPS) is 32.7. The van der Waals surface area contributed by atoms with Crippen molar-refractivity contribution in [1.82, 2.24) is 26.2 Å². The number of unbranched alkanes of at least 4 members (excludes halogenated alkanes) is 2. The second-order valence-corrected chi connectivity index (χ2v) is 14.4. The third-order valence-electron chi connectivity index (χ3n) is 9.66. The zero-order valence-corrected chi connectivity index (χ0v) is 32.9. The van der Waals surface area contributed by atoms with Gasteiger partial charge >= 0.3 is 0 Å². The summed E-state index contributed by atoms with van der Waals surface area (Å²) in [4.78, 5) is 51.2. The molecule has 3 rings (SSSR count). The summed E-state index contributed by atoms with van der Waals surface area (Å²) in [5.41, 5.74) is 0. The molecule has 0 unspecified atom stereocenters. The van der Waals surface area contributed by atoms with Gasteiger partial charge in [-0.1, -0.05) is 6.42 Å². The van der Waals surface area contributed by atoms with Crippen molar-refractivity contribution in [3.05, 3.63) is 0 Å². The third kappa shape index (κ3) is 16.4. The van der Waals surface area contributed by atoms with Gasteiger partial charge in [-0.05, 0) is 19.8 Å². The highest BCUT2D eigenvalue weighted by molar-refractivity contribution is 5.84. The average molecular weight is 844 g/mol. The van der Waals surface area contributed by atoms with Crippen molar-refractivity contribution >= 4 is 23.6 Å². The molecule has 3 aliphatic heterocycles. The average Bonchev–Trinajstić information content (AvgIpc) is 3.19. The molecule has 0 aliphatic carbocycles. The van der Waals surface area contributed by atoms with Crippen LogP contribution in [0.1, 0.15) is 45.4 Å². The minimum atomic E-state index is -1.95. The topological polar surface area (TPSA) is 317 Å². The Morgan fingerprint density at radius 3 is 1.81 bits per heavy atom. The van der Waals surface area contributed by atoms with Gasteiger partial charge in [0.15, 0.2) is 25.0 Å². The van der Waals surface area contributed by atoms with Crippen molar-refractivity contribution in [2.75, 3.05) is 72.7 Å². The van der Waals surface area contributed by atoms with Crippen LogP contribution in [0.2, 0.25) is 0 Å². The standard InChI is InChI=1S/C35H62FN5O17/c1-19-29(49)31(51)32(52)34(55-19)54-11-9-40-27(48)16-41(14-25(46)38-7-5-3-4-6-24(45)37-2)15-26(47)39-8-10-53-33-28(36)23(13-21(18-43)56-33)58-35-30(50)22(44)12-20(17-42)57-35/h19-23,28-35,42-44,49-52H,3-18H2,1-2H3,(H,37,45)(H,38,46)(H,39,47)(H,40,48)/t19-,20-,21-,22-,23-,28+,29+,30-,31+,32-,33+,34+,35+/m0/s1. The van der Waals surface area contributed by atoms with E-state index in [4.69, 9.17) is 28.4 Å². The van der Waals surface area contributed by atoms with E-state index < -0.39 is 124 Å². The maximum absolute atomic E-state index is 15.5. The maximum atomic E-state index is 15.5. The molecular weight excluding hydrogens is 781 g/mol. The molecule has 3 aliphatic rings. The Balaban J connectivity index is 1.48. The molecule has 13 atom stereocenters. The molecule has 0 spiro atoms. The first kappa shape index (κ1) is 49.6. The highest BCUT2D eigenvalue weighted by Crippen LogP contribution is 2.30. The number of alkyl halides is 1. The number of amides is 4. The SMILES string of the molecule is CNC(=O)CCCCCNC(=O)CN(CC(=O)NCCO[C@@H]1O[C@@H](C)[C@@H](O)[C@@H](O)[C@@H]1O)CC(=O)NCCO[C@@H]1O[C@H](CO)C[C@H](O[C@H]2O[C@H](CO)C[C@H](O)[C@@H]2O)[C@H]1F. The van der Waals surface area contributed by atoms with Crippen LogP contribution in [0.4, 0.5) is 4.39 Å². The molecule has 23 heteroatoms. The van der Waals surface area contributed by atoms with Crippen LogP contribution in [0.25, 0.3) is 0 Å². The lowest BCUT2D eigenvalue weighted by Gasteiger charge is -2.42. The van der Waals surface area contributed by atoms with Crippen LogP contribution < -0.4 is 21.3 Å². The molecule has 3 heterocycles. The zero-order valence-electron chi connectivity index (χ0n) is 32.9. The summed E-state index contributed by atoms with van der Waals surface area (Å²) in [5.74, 6) is -1.75. The van der Waals surface area contributed by atoms with Gasteiger partial charge < -0.3 is 85.4 Å². The number of nitrogens with zero attached hydrogens (tertiary/aromatic N) is 1.